The van der Waals surface area contributed by atoms with Crippen LogP contribution in [0.3, 0.4) is 0 Å². The molecule has 3 nitrogen and oxygen atoms in total. The summed E-state index contributed by atoms with van der Waals surface area (Å²) in [7, 11) is 1.89. The number of ether oxygens (including phenoxy) is 1. The Labute approximate surface area is 86.5 Å². The molecular weight excluding hydrogens is 178 g/mol. The molecule has 0 radical (unpaired) electrons. The maximum atomic E-state index is 11.3. The Bertz CT molecular complexity index is 209. The van der Waals surface area contributed by atoms with E-state index in [-0.39, 0.29) is 12.0 Å². The van der Waals surface area contributed by atoms with Crippen LogP contribution >= 0.6 is 0 Å². The van der Waals surface area contributed by atoms with Crippen molar-refractivity contribution in [1.29, 1.82) is 0 Å². The van der Waals surface area contributed by atoms with Gasteiger partial charge < -0.3 is 10.1 Å². The monoisotopic (exact) mass is 199 g/mol. The Morgan fingerprint density at radius 3 is 2.43 bits per heavy atom. The molecule has 0 aromatic heterocycles. The summed E-state index contributed by atoms with van der Waals surface area (Å²) in [6.07, 6.45) is 1.92. The molecule has 0 aliphatic carbocycles. The molecule has 0 aromatic carbocycles. The fourth-order valence-corrected chi connectivity index (χ4v) is 1.19. The third-order valence-corrected chi connectivity index (χ3v) is 2.08. The van der Waals surface area contributed by atoms with Crippen LogP contribution in [0.4, 0.5) is 0 Å². The van der Waals surface area contributed by atoms with Gasteiger partial charge in [-0.2, -0.15) is 0 Å². The van der Waals surface area contributed by atoms with Crippen LogP contribution < -0.4 is 5.32 Å². The zero-order chi connectivity index (χ0) is 11.1. The number of rotatable bonds is 5. The molecule has 0 aliphatic rings. The van der Waals surface area contributed by atoms with Crippen LogP contribution in [0.5, 0.6) is 0 Å². The Morgan fingerprint density at radius 2 is 2.07 bits per heavy atom. The summed E-state index contributed by atoms with van der Waals surface area (Å²) in [5.74, 6) is 0.234. The maximum absolute atomic E-state index is 11.3. The summed E-state index contributed by atoms with van der Waals surface area (Å²) in [5.41, 5.74) is 0.667. The van der Waals surface area contributed by atoms with Crippen LogP contribution in [0.2, 0.25) is 0 Å². The number of carbonyl (C=O) groups excluding carboxylic acids is 1. The largest absolute Gasteiger partial charge is 0.463 e. The van der Waals surface area contributed by atoms with Gasteiger partial charge in [-0.05, 0) is 26.8 Å². The van der Waals surface area contributed by atoms with Gasteiger partial charge in [-0.1, -0.05) is 19.9 Å². The van der Waals surface area contributed by atoms with Gasteiger partial charge >= 0.3 is 5.97 Å². The molecule has 0 bridgehead atoms. The predicted octanol–water partition coefficient (Wildman–Crippen LogP) is 1.74. The van der Waals surface area contributed by atoms with Crippen molar-refractivity contribution in [3.8, 4) is 0 Å². The molecule has 1 unspecified atom stereocenters. The summed E-state index contributed by atoms with van der Waals surface area (Å²) in [6, 6.07) is 0.222. The fraction of sp³-hybridized carbons (Fsp3) is 0.727. The molecule has 0 amide bonds. The lowest BCUT2D eigenvalue weighted by Gasteiger charge is -2.16. The van der Waals surface area contributed by atoms with Gasteiger partial charge in [0.25, 0.3) is 0 Å². The Balaban J connectivity index is 4.39. The number of hydrogen-bond donors (Lipinski definition) is 1. The van der Waals surface area contributed by atoms with Crippen molar-refractivity contribution in [2.75, 3.05) is 13.7 Å². The zero-order valence-corrected chi connectivity index (χ0v) is 9.76. The van der Waals surface area contributed by atoms with E-state index in [9.17, 15) is 4.79 Å². The fourth-order valence-electron chi connectivity index (χ4n) is 1.19. The average molecular weight is 199 g/mol. The summed E-state index contributed by atoms with van der Waals surface area (Å²) in [6.45, 7) is 8.23. The quantitative estimate of drug-likeness (QED) is 0.541. The highest BCUT2D eigenvalue weighted by Crippen LogP contribution is 2.06. The lowest BCUT2D eigenvalue weighted by atomic mass is 10.0. The van der Waals surface area contributed by atoms with E-state index >= 15 is 0 Å². The zero-order valence-electron chi connectivity index (χ0n) is 9.76. The van der Waals surface area contributed by atoms with Gasteiger partial charge in [0.2, 0.25) is 0 Å². The van der Waals surface area contributed by atoms with Gasteiger partial charge in [0.05, 0.1) is 6.61 Å². The van der Waals surface area contributed by atoms with E-state index in [2.05, 4.69) is 19.2 Å². The number of likely N-dealkylation sites (N-methyl/N-ethyl adjacent to an activating group) is 1. The molecule has 1 N–H and O–H groups in total. The first kappa shape index (κ1) is 13.2. The van der Waals surface area contributed by atoms with Gasteiger partial charge in [0.1, 0.15) is 0 Å². The van der Waals surface area contributed by atoms with E-state index in [0.29, 0.717) is 18.1 Å². The van der Waals surface area contributed by atoms with Gasteiger partial charge in [0.15, 0.2) is 0 Å². The van der Waals surface area contributed by atoms with Gasteiger partial charge in [-0.3, -0.25) is 0 Å². The minimum Gasteiger partial charge on any atom is -0.463 e. The van der Waals surface area contributed by atoms with Crippen molar-refractivity contribution in [1.82, 2.24) is 5.32 Å². The molecular formula is C11H21NO2. The predicted molar refractivity (Wildman–Crippen MR) is 58.1 cm³/mol. The molecule has 1 atom stereocenters. The van der Waals surface area contributed by atoms with Crippen molar-refractivity contribution in [3.05, 3.63) is 11.6 Å². The third-order valence-electron chi connectivity index (χ3n) is 2.08. The first-order valence-electron chi connectivity index (χ1n) is 5.05. The first-order chi connectivity index (χ1) is 6.52. The van der Waals surface area contributed by atoms with E-state index in [0.717, 1.165) is 0 Å². The van der Waals surface area contributed by atoms with Crippen LogP contribution in [-0.4, -0.2) is 25.7 Å². The van der Waals surface area contributed by atoms with Gasteiger partial charge in [-0.25, -0.2) is 4.79 Å². The van der Waals surface area contributed by atoms with E-state index < -0.39 is 0 Å². The third kappa shape index (κ3) is 4.42. The lowest BCUT2D eigenvalue weighted by molar-refractivity contribution is -0.138. The topological polar surface area (TPSA) is 38.3 Å². The standard InChI is InChI=1S/C11H21NO2/c1-6-14-11(13)9(4)7-10(12-5)8(2)3/h7-8,10,12H,6H2,1-5H3/b9-7+. The molecule has 0 rings (SSSR count). The van der Waals surface area contributed by atoms with Gasteiger partial charge in [0, 0.05) is 11.6 Å². The van der Waals surface area contributed by atoms with E-state index in [4.69, 9.17) is 4.74 Å². The van der Waals surface area contributed by atoms with Gasteiger partial charge in [-0.15, -0.1) is 0 Å². The maximum Gasteiger partial charge on any atom is 0.333 e. The van der Waals surface area contributed by atoms with Crippen LogP contribution in [0.15, 0.2) is 11.6 Å². The Kier molecular flexibility index (Phi) is 6.21. The first-order valence-corrected chi connectivity index (χ1v) is 5.05. The molecule has 14 heavy (non-hydrogen) atoms. The Hall–Kier alpha value is -0.830. The normalized spacial score (nSPS) is 14.3. The molecule has 0 heterocycles. The van der Waals surface area contributed by atoms with Crippen molar-refractivity contribution < 1.29 is 9.53 Å². The second-order valence-corrected chi connectivity index (χ2v) is 3.63. The summed E-state index contributed by atoms with van der Waals surface area (Å²) < 4.78 is 4.89. The molecule has 0 aliphatic heterocycles. The number of carbonyl (C=O) groups is 1. The lowest BCUT2D eigenvalue weighted by Crippen LogP contribution is -2.29. The molecule has 0 saturated carbocycles. The van der Waals surface area contributed by atoms with Crippen LogP contribution in [-0.2, 0) is 9.53 Å². The Morgan fingerprint density at radius 1 is 1.50 bits per heavy atom. The van der Waals surface area contributed by atoms with E-state index in [1.165, 1.54) is 0 Å². The van der Waals surface area contributed by atoms with Crippen LogP contribution in [0.25, 0.3) is 0 Å². The number of hydrogen-bond acceptors (Lipinski definition) is 3. The average Bonchev–Trinajstić information content (AvgIpc) is 2.13. The van der Waals surface area contributed by atoms with E-state index in [1.54, 1.807) is 6.92 Å². The highest BCUT2D eigenvalue weighted by molar-refractivity contribution is 5.87. The van der Waals surface area contributed by atoms with Crippen molar-refractivity contribution >= 4 is 5.97 Å². The molecule has 0 saturated heterocycles. The second kappa shape index (κ2) is 6.60. The SMILES string of the molecule is CCOC(=O)/C(C)=C/C(NC)C(C)C. The molecule has 0 spiro atoms. The summed E-state index contributed by atoms with van der Waals surface area (Å²) >= 11 is 0. The molecule has 3 heteroatoms. The highest BCUT2D eigenvalue weighted by atomic mass is 16.5. The highest BCUT2D eigenvalue weighted by Gasteiger charge is 2.11. The summed E-state index contributed by atoms with van der Waals surface area (Å²) in [4.78, 5) is 11.3. The van der Waals surface area contributed by atoms with Crippen LogP contribution in [0.1, 0.15) is 27.7 Å². The van der Waals surface area contributed by atoms with Crippen molar-refractivity contribution in [3.63, 3.8) is 0 Å². The minimum absolute atomic E-state index is 0.222. The molecule has 82 valence electrons. The minimum atomic E-state index is -0.228. The van der Waals surface area contributed by atoms with E-state index in [1.807, 2.05) is 20.0 Å². The number of esters is 1. The second-order valence-electron chi connectivity index (χ2n) is 3.63. The van der Waals surface area contributed by atoms with Crippen molar-refractivity contribution in [2.45, 2.75) is 33.7 Å². The summed E-state index contributed by atoms with van der Waals surface area (Å²) in [5, 5.41) is 3.15. The van der Waals surface area contributed by atoms with Crippen molar-refractivity contribution in [2.24, 2.45) is 5.92 Å². The molecule has 0 fully saturated rings. The molecule has 0 aromatic rings. The number of nitrogens with one attached hydrogen (secondary N) is 1. The smallest absolute Gasteiger partial charge is 0.333 e. The van der Waals surface area contributed by atoms with Crippen LogP contribution in [0, 0.1) is 5.92 Å².